The lowest BCUT2D eigenvalue weighted by Crippen LogP contribution is -2.32. The van der Waals surface area contributed by atoms with Crippen LogP contribution < -0.4 is 10.9 Å². The molecule has 2 aliphatic rings. The van der Waals surface area contributed by atoms with Gasteiger partial charge in [0.1, 0.15) is 5.82 Å². The van der Waals surface area contributed by atoms with Crippen LogP contribution in [-0.4, -0.2) is 52.7 Å². The molecular weight excluding hydrogens is 360 g/mol. The van der Waals surface area contributed by atoms with Crippen LogP contribution in [0.3, 0.4) is 0 Å². The van der Waals surface area contributed by atoms with E-state index in [-0.39, 0.29) is 11.5 Å². The maximum absolute atomic E-state index is 12.5. The number of rotatable bonds is 5. The maximum atomic E-state index is 12.5. The molecule has 0 spiro atoms. The quantitative estimate of drug-likeness (QED) is 0.769. The van der Waals surface area contributed by atoms with Gasteiger partial charge in [0.2, 0.25) is 5.91 Å². The number of hydrogen-bond acceptors (Lipinski definition) is 5. The summed E-state index contributed by atoms with van der Waals surface area (Å²) >= 11 is 1.65. The Balaban J connectivity index is 1.25. The highest BCUT2D eigenvalue weighted by molar-refractivity contribution is 7.98. The van der Waals surface area contributed by atoms with Gasteiger partial charge in [-0.15, -0.1) is 0 Å². The first-order valence-electron chi connectivity index (χ1n) is 9.75. The van der Waals surface area contributed by atoms with Gasteiger partial charge in [0.05, 0.1) is 16.7 Å². The Morgan fingerprint density at radius 2 is 1.93 bits per heavy atom. The van der Waals surface area contributed by atoms with Crippen molar-refractivity contribution in [2.75, 3.05) is 31.9 Å². The number of amides is 1. The number of para-hydroxylation sites is 1. The zero-order valence-corrected chi connectivity index (χ0v) is 16.3. The minimum Gasteiger partial charge on any atom is -0.343 e. The second-order valence-corrected chi connectivity index (χ2v) is 8.57. The molecule has 144 valence electrons. The van der Waals surface area contributed by atoms with Gasteiger partial charge in [0, 0.05) is 25.3 Å². The summed E-state index contributed by atoms with van der Waals surface area (Å²) in [6.07, 6.45) is 2.80. The summed E-state index contributed by atoms with van der Waals surface area (Å²) in [5.41, 5.74) is 0.620. The van der Waals surface area contributed by atoms with Crippen molar-refractivity contribution in [3.8, 4) is 0 Å². The van der Waals surface area contributed by atoms with E-state index in [0.717, 1.165) is 62.1 Å². The monoisotopic (exact) mass is 386 g/mol. The lowest BCUT2D eigenvalue weighted by molar-refractivity contribution is -0.130. The number of aromatic nitrogens is 2. The van der Waals surface area contributed by atoms with Gasteiger partial charge >= 0.3 is 0 Å². The number of H-pyrrole nitrogens is 1. The number of benzene rings is 1. The van der Waals surface area contributed by atoms with Crippen molar-refractivity contribution in [2.45, 2.75) is 25.0 Å². The molecule has 0 bridgehead atoms. The summed E-state index contributed by atoms with van der Waals surface area (Å²) in [4.78, 5) is 34.0. The van der Waals surface area contributed by atoms with Crippen LogP contribution in [0.4, 0.5) is 0 Å². The van der Waals surface area contributed by atoms with Gasteiger partial charge in [-0.1, -0.05) is 12.1 Å². The van der Waals surface area contributed by atoms with Gasteiger partial charge in [0.25, 0.3) is 5.56 Å². The first-order chi connectivity index (χ1) is 13.2. The number of hydrogen-bond donors (Lipinski definition) is 2. The summed E-state index contributed by atoms with van der Waals surface area (Å²) in [7, 11) is 0. The molecule has 2 aliphatic heterocycles. The third kappa shape index (κ3) is 4.35. The molecule has 1 aromatic heterocycles. The first-order valence-corrected chi connectivity index (χ1v) is 10.9. The Bertz CT molecular complexity index is 854. The molecule has 2 N–H and O–H groups in total. The third-order valence-corrected chi connectivity index (χ3v) is 6.70. The Hall–Kier alpha value is -1.86. The van der Waals surface area contributed by atoms with Gasteiger partial charge in [-0.3, -0.25) is 9.59 Å². The molecule has 3 heterocycles. The largest absolute Gasteiger partial charge is 0.343 e. The van der Waals surface area contributed by atoms with Gasteiger partial charge in [-0.2, -0.15) is 11.8 Å². The normalized spacial score (nSPS) is 22.6. The molecule has 7 heteroatoms. The molecule has 0 saturated carbocycles. The number of fused-ring (bicyclic) bond motifs is 2. The fourth-order valence-electron chi connectivity index (χ4n) is 4.16. The number of thioether (sulfide) groups is 1. The first kappa shape index (κ1) is 18.5. The Morgan fingerprint density at radius 3 is 2.70 bits per heavy atom. The van der Waals surface area contributed by atoms with Crippen LogP contribution in [0.25, 0.3) is 10.9 Å². The predicted molar refractivity (Wildman–Crippen MR) is 109 cm³/mol. The molecule has 0 radical (unpaired) electrons. The highest BCUT2D eigenvalue weighted by atomic mass is 32.2. The van der Waals surface area contributed by atoms with E-state index in [1.807, 2.05) is 18.2 Å². The minimum atomic E-state index is -0.100. The molecule has 0 unspecified atom stereocenters. The molecule has 1 aromatic carbocycles. The molecule has 27 heavy (non-hydrogen) atoms. The highest BCUT2D eigenvalue weighted by Gasteiger charge is 2.31. The number of likely N-dealkylation sites (tertiary alicyclic amines) is 1. The van der Waals surface area contributed by atoms with E-state index in [4.69, 9.17) is 0 Å². The third-order valence-electron chi connectivity index (χ3n) is 5.73. The van der Waals surface area contributed by atoms with Crippen molar-refractivity contribution in [1.29, 1.82) is 0 Å². The molecule has 6 nitrogen and oxygen atoms in total. The van der Waals surface area contributed by atoms with Gasteiger partial charge in [-0.25, -0.2) is 4.98 Å². The molecule has 1 amide bonds. The van der Waals surface area contributed by atoms with Crippen molar-refractivity contribution in [2.24, 2.45) is 11.8 Å². The van der Waals surface area contributed by atoms with Crippen LogP contribution in [-0.2, 0) is 10.5 Å². The lowest BCUT2D eigenvalue weighted by Gasteiger charge is -2.20. The average molecular weight is 387 g/mol. The van der Waals surface area contributed by atoms with Gasteiger partial charge in [0.15, 0.2) is 0 Å². The van der Waals surface area contributed by atoms with Crippen molar-refractivity contribution in [3.63, 3.8) is 0 Å². The Morgan fingerprint density at radius 1 is 1.19 bits per heavy atom. The second kappa shape index (κ2) is 8.44. The zero-order chi connectivity index (χ0) is 18.6. The van der Waals surface area contributed by atoms with Crippen LogP contribution in [0.1, 0.15) is 25.1 Å². The molecule has 2 fully saturated rings. The van der Waals surface area contributed by atoms with Crippen molar-refractivity contribution >= 4 is 28.6 Å². The SMILES string of the molecule is O=C(CCSCc1nc2ccccc2c(=O)[nH]1)N1CC[C@@H]2CNC[C@@H]2CC1. The van der Waals surface area contributed by atoms with E-state index in [2.05, 4.69) is 20.2 Å². The number of carbonyl (C=O) groups excluding carboxylic acids is 1. The minimum absolute atomic E-state index is 0.100. The second-order valence-electron chi connectivity index (χ2n) is 7.47. The van der Waals surface area contributed by atoms with Crippen molar-refractivity contribution in [3.05, 3.63) is 40.4 Å². The standard InChI is InChI=1S/C20H26N4O2S/c25-19(24-8-5-14-11-21-12-15(14)6-9-24)7-10-27-13-18-22-17-4-2-1-3-16(17)20(26)23-18/h1-4,14-15,21H,5-13H2,(H,22,23,26)/t14-,15+. The van der Waals surface area contributed by atoms with E-state index in [9.17, 15) is 9.59 Å². The van der Waals surface area contributed by atoms with E-state index in [1.165, 1.54) is 0 Å². The molecule has 2 aromatic rings. The number of carbonyl (C=O) groups is 1. The lowest BCUT2D eigenvalue weighted by atomic mass is 9.92. The van der Waals surface area contributed by atoms with E-state index in [1.54, 1.807) is 17.8 Å². The zero-order valence-electron chi connectivity index (χ0n) is 15.4. The predicted octanol–water partition coefficient (Wildman–Crippen LogP) is 2.00. The van der Waals surface area contributed by atoms with Crippen LogP contribution in [0.2, 0.25) is 0 Å². The summed E-state index contributed by atoms with van der Waals surface area (Å²) in [6.45, 7) is 4.01. The molecule has 2 atom stereocenters. The average Bonchev–Trinajstić information content (AvgIpc) is 3.03. The number of nitrogens with zero attached hydrogens (tertiary/aromatic N) is 2. The molecule has 0 aliphatic carbocycles. The summed E-state index contributed by atoms with van der Waals surface area (Å²) in [5, 5.41) is 4.08. The molecule has 4 rings (SSSR count). The fourth-order valence-corrected chi connectivity index (χ4v) is 4.95. The Labute approximate surface area is 163 Å². The van der Waals surface area contributed by atoms with E-state index in [0.29, 0.717) is 23.4 Å². The van der Waals surface area contributed by atoms with Crippen molar-refractivity contribution < 1.29 is 4.79 Å². The van der Waals surface area contributed by atoms with Gasteiger partial charge in [-0.05, 0) is 49.9 Å². The fraction of sp³-hybridized carbons (Fsp3) is 0.550. The maximum Gasteiger partial charge on any atom is 0.258 e. The van der Waals surface area contributed by atoms with Crippen LogP contribution in [0, 0.1) is 11.8 Å². The van der Waals surface area contributed by atoms with Gasteiger partial charge < -0.3 is 15.2 Å². The molecular formula is C20H26N4O2S. The highest BCUT2D eigenvalue weighted by Crippen LogP contribution is 2.27. The number of aromatic amines is 1. The van der Waals surface area contributed by atoms with Crippen LogP contribution in [0.15, 0.2) is 29.1 Å². The van der Waals surface area contributed by atoms with Crippen molar-refractivity contribution in [1.82, 2.24) is 20.2 Å². The van der Waals surface area contributed by atoms with E-state index >= 15 is 0 Å². The summed E-state index contributed by atoms with van der Waals surface area (Å²) in [5.74, 6) is 3.78. The smallest absolute Gasteiger partial charge is 0.258 e. The van der Waals surface area contributed by atoms with Crippen LogP contribution in [0.5, 0.6) is 0 Å². The summed E-state index contributed by atoms with van der Waals surface area (Å²) in [6, 6.07) is 7.36. The topological polar surface area (TPSA) is 78.1 Å². The Kier molecular flexibility index (Phi) is 5.78. The van der Waals surface area contributed by atoms with Crippen LogP contribution >= 0.6 is 11.8 Å². The number of nitrogens with one attached hydrogen (secondary N) is 2. The molecule has 2 saturated heterocycles. The van der Waals surface area contributed by atoms with E-state index < -0.39 is 0 Å². The summed E-state index contributed by atoms with van der Waals surface area (Å²) < 4.78 is 0.